The summed E-state index contributed by atoms with van der Waals surface area (Å²) in [6, 6.07) is 3.97. The number of aromatic amines is 1. The molecule has 142 valence electrons. The van der Waals surface area contributed by atoms with Crippen molar-refractivity contribution in [3.8, 4) is 0 Å². The summed E-state index contributed by atoms with van der Waals surface area (Å²) in [5.41, 5.74) is 2.40. The Morgan fingerprint density at radius 1 is 1.33 bits per heavy atom. The fourth-order valence-corrected chi connectivity index (χ4v) is 4.73. The highest BCUT2D eigenvalue weighted by atomic mass is 19.1. The van der Waals surface area contributed by atoms with E-state index in [0.717, 1.165) is 16.8 Å². The summed E-state index contributed by atoms with van der Waals surface area (Å²) in [7, 11) is 0. The molecule has 0 spiro atoms. The van der Waals surface area contributed by atoms with E-state index in [4.69, 9.17) is 0 Å². The molecular weight excluding hydrogens is 349 g/mol. The van der Waals surface area contributed by atoms with Crippen molar-refractivity contribution < 1.29 is 18.8 Å². The highest BCUT2D eigenvalue weighted by Crippen LogP contribution is 2.37. The normalized spacial score (nSPS) is 24.7. The Balaban J connectivity index is 1.62. The van der Waals surface area contributed by atoms with E-state index >= 15 is 0 Å². The van der Waals surface area contributed by atoms with Crippen LogP contribution in [0.3, 0.4) is 0 Å². The van der Waals surface area contributed by atoms with Crippen molar-refractivity contribution in [2.24, 2.45) is 5.92 Å². The summed E-state index contributed by atoms with van der Waals surface area (Å²) in [5.74, 6) is -1.31. The zero-order chi connectivity index (χ0) is 19.5. The van der Waals surface area contributed by atoms with Crippen LogP contribution in [0, 0.1) is 18.7 Å². The van der Waals surface area contributed by atoms with Crippen molar-refractivity contribution in [2.75, 3.05) is 6.54 Å². The second kappa shape index (κ2) is 6.18. The lowest BCUT2D eigenvalue weighted by atomic mass is 10.00. The number of hydrogen-bond donors (Lipinski definition) is 1. The van der Waals surface area contributed by atoms with Gasteiger partial charge < -0.3 is 9.88 Å². The first-order valence-electron chi connectivity index (χ1n) is 9.19. The van der Waals surface area contributed by atoms with Gasteiger partial charge in [-0.15, -0.1) is 0 Å². The van der Waals surface area contributed by atoms with Crippen molar-refractivity contribution in [2.45, 2.75) is 45.7 Å². The number of carbonyl (C=O) groups is 3. The number of benzene rings is 1. The Bertz CT molecular complexity index is 967. The maximum absolute atomic E-state index is 13.7. The number of imide groups is 1. The van der Waals surface area contributed by atoms with Gasteiger partial charge in [0.2, 0.25) is 17.7 Å². The summed E-state index contributed by atoms with van der Waals surface area (Å²) in [6.45, 7) is 5.56. The molecule has 0 radical (unpaired) electrons. The van der Waals surface area contributed by atoms with Gasteiger partial charge in [-0.25, -0.2) is 4.39 Å². The average Bonchev–Trinajstić information content (AvgIpc) is 3.23. The van der Waals surface area contributed by atoms with Crippen LogP contribution in [0.5, 0.6) is 0 Å². The summed E-state index contributed by atoms with van der Waals surface area (Å²) in [6.07, 6.45) is 0.743. The molecule has 27 heavy (non-hydrogen) atoms. The van der Waals surface area contributed by atoms with Crippen LogP contribution in [0.2, 0.25) is 0 Å². The Morgan fingerprint density at radius 3 is 2.78 bits per heavy atom. The average molecular weight is 371 g/mol. The molecule has 1 unspecified atom stereocenters. The lowest BCUT2D eigenvalue weighted by molar-refractivity contribution is -0.143. The van der Waals surface area contributed by atoms with Crippen molar-refractivity contribution in [3.05, 3.63) is 35.3 Å². The predicted molar refractivity (Wildman–Crippen MR) is 97.3 cm³/mol. The molecule has 7 heteroatoms. The van der Waals surface area contributed by atoms with E-state index in [2.05, 4.69) is 4.98 Å². The topological polar surface area (TPSA) is 73.5 Å². The first kappa shape index (κ1) is 17.7. The molecule has 1 aromatic heterocycles. The highest BCUT2D eigenvalue weighted by molar-refractivity contribution is 5.99. The Hall–Kier alpha value is -2.70. The number of H-pyrrole nitrogens is 1. The maximum Gasteiger partial charge on any atom is 0.234 e. The molecule has 1 N–H and O–H groups in total. The van der Waals surface area contributed by atoms with Gasteiger partial charge in [0, 0.05) is 30.1 Å². The number of nitrogens with one attached hydrogen (secondary N) is 1. The third-order valence-electron chi connectivity index (χ3n) is 5.96. The number of hydrogen-bond acceptors (Lipinski definition) is 3. The molecule has 4 rings (SSSR count). The quantitative estimate of drug-likeness (QED) is 0.879. The standard InChI is InChI=1S/C20H22FN3O3/c1-10-19-17(24(12(3)25)20(10)27)6-7-23(19)18(26)9-14-11(2)22-16-5-4-13(21)8-15(14)16/h4-5,8,10,17,19,22H,6-7,9H2,1-3H3/t10-,17-,19?/m0/s1. The minimum Gasteiger partial charge on any atom is -0.358 e. The zero-order valence-corrected chi connectivity index (χ0v) is 15.6. The van der Waals surface area contributed by atoms with Crippen LogP contribution in [0.15, 0.2) is 18.2 Å². The van der Waals surface area contributed by atoms with E-state index in [9.17, 15) is 18.8 Å². The SMILES string of the molecule is CC(=O)N1C(=O)[C@@H](C)C2[C@@H]1CCN2C(=O)Cc1c(C)[nH]c2ccc(F)cc12. The van der Waals surface area contributed by atoms with Gasteiger partial charge in [-0.2, -0.15) is 0 Å². The Morgan fingerprint density at radius 2 is 2.07 bits per heavy atom. The zero-order valence-electron chi connectivity index (χ0n) is 15.6. The molecule has 2 fully saturated rings. The maximum atomic E-state index is 13.7. The Labute approximate surface area is 156 Å². The molecule has 2 aliphatic rings. The molecule has 3 atom stereocenters. The van der Waals surface area contributed by atoms with Crippen LogP contribution in [-0.4, -0.2) is 51.1 Å². The monoisotopic (exact) mass is 371 g/mol. The van der Waals surface area contributed by atoms with Gasteiger partial charge in [0.25, 0.3) is 0 Å². The van der Waals surface area contributed by atoms with Crippen LogP contribution >= 0.6 is 0 Å². The van der Waals surface area contributed by atoms with Gasteiger partial charge in [-0.3, -0.25) is 19.3 Å². The molecule has 0 bridgehead atoms. The molecule has 2 aliphatic heterocycles. The van der Waals surface area contributed by atoms with Crippen molar-refractivity contribution >= 4 is 28.6 Å². The van der Waals surface area contributed by atoms with E-state index in [1.165, 1.54) is 24.0 Å². The third kappa shape index (κ3) is 2.64. The summed E-state index contributed by atoms with van der Waals surface area (Å²) in [4.78, 5) is 43.6. The first-order valence-corrected chi connectivity index (χ1v) is 9.19. The van der Waals surface area contributed by atoms with Gasteiger partial charge in [-0.05, 0) is 37.1 Å². The smallest absolute Gasteiger partial charge is 0.234 e. The number of fused-ring (bicyclic) bond motifs is 2. The number of nitrogens with zero attached hydrogens (tertiary/aromatic N) is 2. The molecule has 2 aromatic rings. The summed E-state index contributed by atoms with van der Waals surface area (Å²) < 4.78 is 13.7. The Kier molecular flexibility index (Phi) is 4.05. The van der Waals surface area contributed by atoms with E-state index < -0.39 is 5.92 Å². The van der Waals surface area contributed by atoms with Crippen molar-refractivity contribution in [3.63, 3.8) is 0 Å². The second-order valence-corrected chi connectivity index (χ2v) is 7.54. The van der Waals surface area contributed by atoms with Gasteiger partial charge in [0.1, 0.15) is 5.82 Å². The number of carbonyl (C=O) groups excluding carboxylic acids is 3. The third-order valence-corrected chi connectivity index (χ3v) is 5.96. The lowest BCUT2D eigenvalue weighted by Gasteiger charge is -2.26. The number of amides is 3. The summed E-state index contributed by atoms with van der Waals surface area (Å²) >= 11 is 0. The van der Waals surface area contributed by atoms with E-state index in [-0.39, 0.29) is 42.0 Å². The lowest BCUT2D eigenvalue weighted by Crippen LogP contribution is -2.43. The van der Waals surface area contributed by atoms with Crippen molar-refractivity contribution in [1.82, 2.24) is 14.8 Å². The molecule has 0 saturated carbocycles. The van der Waals surface area contributed by atoms with E-state index in [1.54, 1.807) is 17.9 Å². The fraction of sp³-hybridized carbons (Fsp3) is 0.450. The van der Waals surface area contributed by atoms with Crippen LogP contribution in [0.1, 0.15) is 31.5 Å². The molecule has 0 aliphatic carbocycles. The minimum atomic E-state index is -0.396. The van der Waals surface area contributed by atoms with Gasteiger partial charge in [0.05, 0.1) is 24.4 Å². The van der Waals surface area contributed by atoms with Crippen LogP contribution in [0.4, 0.5) is 4.39 Å². The predicted octanol–water partition coefficient (Wildman–Crippen LogP) is 2.15. The number of aromatic nitrogens is 1. The molecular formula is C20H22FN3O3. The van der Waals surface area contributed by atoms with Crippen LogP contribution in [0.25, 0.3) is 10.9 Å². The van der Waals surface area contributed by atoms with Gasteiger partial charge >= 0.3 is 0 Å². The fourth-order valence-electron chi connectivity index (χ4n) is 4.73. The van der Waals surface area contributed by atoms with Crippen molar-refractivity contribution in [1.29, 1.82) is 0 Å². The number of halogens is 1. The number of likely N-dealkylation sites (tertiary alicyclic amines) is 2. The van der Waals surface area contributed by atoms with Gasteiger partial charge in [-0.1, -0.05) is 6.92 Å². The van der Waals surface area contributed by atoms with E-state index in [0.29, 0.717) is 18.4 Å². The van der Waals surface area contributed by atoms with Crippen LogP contribution in [-0.2, 0) is 20.8 Å². The van der Waals surface area contributed by atoms with Gasteiger partial charge in [0.15, 0.2) is 0 Å². The number of rotatable bonds is 2. The van der Waals surface area contributed by atoms with E-state index in [1.807, 2.05) is 6.92 Å². The molecule has 3 amide bonds. The minimum absolute atomic E-state index is 0.0965. The second-order valence-electron chi connectivity index (χ2n) is 7.54. The largest absolute Gasteiger partial charge is 0.358 e. The molecule has 2 saturated heterocycles. The highest BCUT2D eigenvalue weighted by Gasteiger charge is 2.54. The molecule has 3 heterocycles. The first-order chi connectivity index (χ1) is 12.8. The summed E-state index contributed by atoms with van der Waals surface area (Å²) in [5, 5.41) is 0.706. The number of aryl methyl sites for hydroxylation is 1. The molecule has 6 nitrogen and oxygen atoms in total. The molecule has 1 aromatic carbocycles. The van der Waals surface area contributed by atoms with Crippen LogP contribution < -0.4 is 0 Å².